The molecule has 0 aliphatic rings. The molecule has 0 saturated carbocycles. The Hall–Kier alpha value is -0.940. The second-order valence-electron chi connectivity index (χ2n) is 2.11. The molecule has 0 heterocycles. The molecule has 4 N–H and O–H groups in total. The number of rotatable bonds is 6. The summed E-state index contributed by atoms with van der Waals surface area (Å²) < 4.78 is 0. The number of carboxylic acids is 1. The van der Waals surface area contributed by atoms with Gasteiger partial charge in [-0.25, -0.2) is 0 Å². The second-order valence-corrected chi connectivity index (χ2v) is 2.11. The van der Waals surface area contributed by atoms with Gasteiger partial charge in [-0.15, -0.1) is 0 Å². The molecule has 0 aromatic heterocycles. The lowest BCUT2D eigenvalue weighted by Crippen LogP contribution is -2.38. The fourth-order valence-electron chi connectivity index (χ4n) is 0.581. The van der Waals surface area contributed by atoms with E-state index in [-0.39, 0.29) is 13.0 Å². The number of aliphatic carboxylic acids is 1. The van der Waals surface area contributed by atoms with Crippen LogP contribution in [-0.2, 0) is 9.59 Å². The first-order valence-electron chi connectivity index (χ1n) is 3.31. The van der Waals surface area contributed by atoms with Crippen molar-refractivity contribution >= 4 is 12.3 Å². The number of carbonyl (C=O) groups excluding carboxylic acids is 1. The molecule has 0 aromatic rings. The van der Waals surface area contributed by atoms with Crippen LogP contribution in [0.25, 0.3) is 0 Å². The molecule has 0 fully saturated rings. The van der Waals surface area contributed by atoms with Gasteiger partial charge in [0.05, 0.1) is 12.7 Å². The average molecular weight is 160 g/mol. The van der Waals surface area contributed by atoms with Crippen LogP contribution in [0.3, 0.4) is 0 Å². The minimum atomic E-state index is -0.881. The van der Waals surface area contributed by atoms with Gasteiger partial charge in [-0.3, -0.25) is 10.1 Å². The lowest BCUT2D eigenvalue weighted by molar-refractivity contribution is -0.137. The summed E-state index contributed by atoms with van der Waals surface area (Å²) in [4.78, 5) is 19.8. The summed E-state index contributed by atoms with van der Waals surface area (Å²) in [6.45, 7) is 0.167. The Morgan fingerprint density at radius 2 is 2.36 bits per heavy atom. The summed E-state index contributed by atoms with van der Waals surface area (Å²) >= 11 is 0. The molecule has 0 rings (SSSR count). The number of nitrogens with one attached hydrogen (secondary N) is 1. The molecular formula is C6H12N2O3. The maximum atomic E-state index is 10.0. The van der Waals surface area contributed by atoms with Crippen LogP contribution in [0.2, 0.25) is 0 Å². The van der Waals surface area contributed by atoms with Crippen molar-refractivity contribution in [3.63, 3.8) is 0 Å². The van der Waals surface area contributed by atoms with E-state index in [4.69, 9.17) is 10.8 Å². The van der Waals surface area contributed by atoms with Crippen molar-refractivity contribution in [3.05, 3.63) is 0 Å². The Morgan fingerprint density at radius 3 is 2.82 bits per heavy atom. The molecule has 64 valence electrons. The predicted molar refractivity (Wildman–Crippen MR) is 38.9 cm³/mol. The first kappa shape index (κ1) is 10.1. The molecule has 0 aliphatic carbocycles. The highest BCUT2D eigenvalue weighted by Crippen LogP contribution is 1.89. The molecule has 0 aromatic carbocycles. The number of carboxylic acid groups (broad SMARTS) is 1. The third kappa shape index (κ3) is 6.95. The van der Waals surface area contributed by atoms with Crippen LogP contribution in [0.4, 0.5) is 0 Å². The first-order valence-corrected chi connectivity index (χ1v) is 3.31. The number of hydrogen-bond acceptors (Lipinski definition) is 4. The first-order chi connectivity index (χ1) is 5.16. The Bertz CT molecular complexity index is 138. The van der Waals surface area contributed by atoms with Crippen LogP contribution in [-0.4, -0.2) is 30.1 Å². The molecule has 5 heteroatoms. The van der Waals surface area contributed by atoms with Crippen molar-refractivity contribution in [1.82, 2.24) is 5.32 Å². The Kier molecular flexibility index (Phi) is 5.32. The molecule has 0 radical (unpaired) electrons. The van der Waals surface area contributed by atoms with Gasteiger partial charge in [0.25, 0.3) is 0 Å². The summed E-state index contributed by atoms with van der Waals surface area (Å²) in [6.07, 6.45) is 0.632. The van der Waals surface area contributed by atoms with Crippen LogP contribution in [0.1, 0.15) is 12.8 Å². The predicted octanol–water partition coefficient (Wildman–Crippen LogP) is -1.08. The Labute approximate surface area is 64.6 Å². The van der Waals surface area contributed by atoms with Crippen molar-refractivity contribution < 1.29 is 14.7 Å². The van der Waals surface area contributed by atoms with Gasteiger partial charge in [0.1, 0.15) is 6.29 Å². The van der Waals surface area contributed by atoms with E-state index in [0.29, 0.717) is 12.7 Å². The van der Waals surface area contributed by atoms with E-state index >= 15 is 0 Å². The van der Waals surface area contributed by atoms with E-state index in [9.17, 15) is 9.59 Å². The fraction of sp³-hybridized carbons (Fsp3) is 0.667. The van der Waals surface area contributed by atoms with Gasteiger partial charge in [-0.1, -0.05) is 0 Å². The number of aldehydes is 1. The lowest BCUT2D eigenvalue weighted by Gasteiger charge is -2.08. The van der Waals surface area contributed by atoms with Crippen molar-refractivity contribution in [1.29, 1.82) is 0 Å². The van der Waals surface area contributed by atoms with E-state index in [2.05, 4.69) is 5.32 Å². The van der Waals surface area contributed by atoms with E-state index < -0.39 is 12.1 Å². The van der Waals surface area contributed by atoms with Crippen LogP contribution in [0.15, 0.2) is 0 Å². The molecule has 0 spiro atoms. The van der Waals surface area contributed by atoms with E-state index in [1.165, 1.54) is 0 Å². The van der Waals surface area contributed by atoms with Crippen molar-refractivity contribution in [2.45, 2.75) is 19.0 Å². The zero-order valence-corrected chi connectivity index (χ0v) is 6.12. The van der Waals surface area contributed by atoms with Gasteiger partial charge in [0.15, 0.2) is 0 Å². The quantitative estimate of drug-likeness (QED) is 0.339. The third-order valence-electron chi connectivity index (χ3n) is 1.13. The number of hydrogen-bond donors (Lipinski definition) is 3. The molecular weight excluding hydrogens is 148 g/mol. The minimum absolute atomic E-state index is 0.0209. The molecule has 1 atom stereocenters. The summed E-state index contributed by atoms with van der Waals surface area (Å²) in [6, 6.07) is 0. The Balaban J connectivity index is 3.28. The van der Waals surface area contributed by atoms with E-state index in [1.807, 2.05) is 0 Å². The van der Waals surface area contributed by atoms with Crippen LogP contribution >= 0.6 is 0 Å². The summed E-state index contributed by atoms with van der Waals surface area (Å²) in [5, 5.41) is 10.9. The van der Waals surface area contributed by atoms with E-state index in [0.717, 1.165) is 0 Å². The third-order valence-corrected chi connectivity index (χ3v) is 1.13. The minimum Gasteiger partial charge on any atom is -0.481 e. The highest BCUT2D eigenvalue weighted by atomic mass is 16.4. The largest absolute Gasteiger partial charge is 0.481 e. The van der Waals surface area contributed by atoms with E-state index in [1.54, 1.807) is 0 Å². The van der Waals surface area contributed by atoms with Crippen LogP contribution in [0, 0.1) is 0 Å². The van der Waals surface area contributed by atoms with Crippen molar-refractivity contribution in [2.75, 3.05) is 6.54 Å². The normalized spacial score (nSPS) is 12.5. The van der Waals surface area contributed by atoms with Gasteiger partial charge in [-0.05, 0) is 6.42 Å². The molecule has 0 saturated heterocycles. The van der Waals surface area contributed by atoms with Crippen molar-refractivity contribution in [2.24, 2.45) is 5.73 Å². The molecule has 0 bridgehead atoms. The fourth-order valence-corrected chi connectivity index (χ4v) is 0.581. The summed E-state index contributed by atoms with van der Waals surface area (Å²) in [5.41, 5.74) is 5.37. The molecule has 5 nitrogen and oxygen atoms in total. The van der Waals surface area contributed by atoms with Gasteiger partial charge in [0.2, 0.25) is 0 Å². The lowest BCUT2D eigenvalue weighted by atomic mass is 10.2. The maximum absolute atomic E-state index is 10.0. The summed E-state index contributed by atoms with van der Waals surface area (Å²) in [7, 11) is 0. The number of carbonyl (C=O) groups is 2. The maximum Gasteiger partial charge on any atom is 0.303 e. The van der Waals surface area contributed by atoms with Gasteiger partial charge < -0.3 is 15.6 Å². The highest BCUT2D eigenvalue weighted by molar-refractivity contribution is 5.66. The monoisotopic (exact) mass is 160 g/mol. The molecule has 11 heavy (non-hydrogen) atoms. The van der Waals surface area contributed by atoms with Gasteiger partial charge in [-0.2, -0.15) is 0 Å². The van der Waals surface area contributed by atoms with Crippen LogP contribution in [0.5, 0.6) is 0 Å². The zero-order chi connectivity index (χ0) is 8.69. The zero-order valence-electron chi connectivity index (χ0n) is 6.12. The topological polar surface area (TPSA) is 92.4 Å². The van der Waals surface area contributed by atoms with Crippen LogP contribution < -0.4 is 11.1 Å². The SMILES string of the molecule is NC(CCC(=O)O)NCC=O. The molecule has 1 unspecified atom stereocenters. The van der Waals surface area contributed by atoms with Crippen molar-refractivity contribution in [3.8, 4) is 0 Å². The average Bonchev–Trinajstić information content (AvgIpc) is 1.97. The molecule has 0 aliphatic heterocycles. The number of nitrogens with two attached hydrogens (primary N) is 1. The smallest absolute Gasteiger partial charge is 0.303 e. The standard InChI is InChI=1S/C6H12N2O3/c7-5(8-3-4-9)1-2-6(10)11/h4-5,8H,1-3,7H2,(H,10,11). The summed E-state index contributed by atoms with van der Waals surface area (Å²) in [5.74, 6) is -0.881. The Morgan fingerprint density at radius 1 is 1.73 bits per heavy atom. The van der Waals surface area contributed by atoms with Gasteiger partial charge >= 0.3 is 5.97 Å². The highest BCUT2D eigenvalue weighted by Gasteiger charge is 2.03. The van der Waals surface area contributed by atoms with Gasteiger partial charge in [0, 0.05) is 6.42 Å². The molecule has 0 amide bonds. The second kappa shape index (κ2) is 5.82.